The van der Waals surface area contributed by atoms with Gasteiger partial charge in [0.1, 0.15) is 0 Å². The molecule has 76 valence electrons. The van der Waals surface area contributed by atoms with Crippen LogP contribution >= 0.6 is 15.9 Å². The standard InChI is InChI=1S/C11H14BrNO/c12-8-4-6-9(7-5-8)13-10-2-1-3-11(10)14/h4-7,10-11,13-14H,1-3H2/t10-,11-/m0/s1. The number of benzene rings is 1. The Morgan fingerprint density at radius 2 is 1.93 bits per heavy atom. The van der Waals surface area contributed by atoms with Gasteiger partial charge in [0.2, 0.25) is 0 Å². The Hall–Kier alpha value is -0.540. The lowest BCUT2D eigenvalue weighted by Crippen LogP contribution is -2.27. The molecule has 0 spiro atoms. The second kappa shape index (κ2) is 4.32. The molecule has 1 fully saturated rings. The minimum atomic E-state index is -0.182. The first kappa shape index (κ1) is 9.99. The highest BCUT2D eigenvalue weighted by molar-refractivity contribution is 9.10. The van der Waals surface area contributed by atoms with Crippen LogP contribution in [0, 0.1) is 0 Å². The molecule has 14 heavy (non-hydrogen) atoms. The van der Waals surface area contributed by atoms with Gasteiger partial charge in [0, 0.05) is 10.2 Å². The molecule has 1 saturated carbocycles. The summed E-state index contributed by atoms with van der Waals surface area (Å²) in [6.45, 7) is 0. The molecule has 1 aromatic rings. The van der Waals surface area contributed by atoms with Crippen LogP contribution in [0.25, 0.3) is 0 Å². The van der Waals surface area contributed by atoms with Gasteiger partial charge in [-0.2, -0.15) is 0 Å². The first-order chi connectivity index (χ1) is 6.75. The predicted octanol–water partition coefficient (Wildman–Crippen LogP) is 2.77. The second-order valence-corrected chi connectivity index (χ2v) is 4.67. The van der Waals surface area contributed by atoms with Gasteiger partial charge in [-0.05, 0) is 43.5 Å². The summed E-state index contributed by atoms with van der Waals surface area (Å²) >= 11 is 3.39. The van der Waals surface area contributed by atoms with E-state index in [9.17, 15) is 5.11 Å². The summed E-state index contributed by atoms with van der Waals surface area (Å²) < 4.78 is 1.08. The third kappa shape index (κ3) is 2.28. The van der Waals surface area contributed by atoms with Crippen LogP contribution in [0.3, 0.4) is 0 Å². The summed E-state index contributed by atoms with van der Waals surface area (Å²) in [6, 6.07) is 8.29. The van der Waals surface area contributed by atoms with Crippen LogP contribution in [0.1, 0.15) is 19.3 Å². The zero-order valence-electron chi connectivity index (χ0n) is 7.91. The van der Waals surface area contributed by atoms with Crippen molar-refractivity contribution >= 4 is 21.6 Å². The molecule has 2 nitrogen and oxygen atoms in total. The normalized spacial score (nSPS) is 26.4. The Kier molecular flexibility index (Phi) is 3.08. The van der Waals surface area contributed by atoms with Crippen molar-refractivity contribution in [2.75, 3.05) is 5.32 Å². The molecule has 0 radical (unpaired) electrons. The summed E-state index contributed by atoms with van der Waals surface area (Å²) in [4.78, 5) is 0. The van der Waals surface area contributed by atoms with Crippen molar-refractivity contribution in [1.29, 1.82) is 0 Å². The summed E-state index contributed by atoms with van der Waals surface area (Å²) in [5, 5.41) is 13.0. The van der Waals surface area contributed by atoms with Gasteiger partial charge in [0.25, 0.3) is 0 Å². The summed E-state index contributed by atoms with van der Waals surface area (Å²) in [5.74, 6) is 0. The summed E-state index contributed by atoms with van der Waals surface area (Å²) in [7, 11) is 0. The number of aliphatic hydroxyl groups excluding tert-OH is 1. The molecule has 2 N–H and O–H groups in total. The fourth-order valence-electron chi connectivity index (χ4n) is 1.87. The zero-order valence-corrected chi connectivity index (χ0v) is 9.50. The van der Waals surface area contributed by atoms with Crippen LogP contribution in [0.2, 0.25) is 0 Å². The van der Waals surface area contributed by atoms with Crippen LogP contribution in [0.5, 0.6) is 0 Å². The Morgan fingerprint density at radius 3 is 2.50 bits per heavy atom. The van der Waals surface area contributed by atoms with E-state index in [2.05, 4.69) is 21.2 Å². The van der Waals surface area contributed by atoms with Crippen LogP contribution < -0.4 is 5.32 Å². The van der Waals surface area contributed by atoms with Gasteiger partial charge in [-0.3, -0.25) is 0 Å². The van der Waals surface area contributed by atoms with Gasteiger partial charge in [-0.25, -0.2) is 0 Å². The number of hydrogen-bond acceptors (Lipinski definition) is 2. The van der Waals surface area contributed by atoms with Crippen molar-refractivity contribution in [3.63, 3.8) is 0 Å². The molecule has 0 unspecified atom stereocenters. The van der Waals surface area contributed by atoms with Crippen molar-refractivity contribution in [2.24, 2.45) is 0 Å². The molecule has 2 atom stereocenters. The molecule has 0 amide bonds. The Labute approximate surface area is 92.5 Å². The van der Waals surface area contributed by atoms with Gasteiger partial charge in [0.15, 0.2) is 0 Å². The van der Waals surface area contributed by atoms with Crippen molar-refractivity contribution in [3.8, 4) is 0 Å². The monoisotopic (exact) mass is 255 g/mol. The molecular formula is C11H14BrNO. The topological polar surface area (TPSA) is 32.3 Å². The number of rotatable bonds is 2. The predicted molar refractivity (Wildman–Crippen MR) is 61.4 cm³/mol. The molecule has 2 rings (SSSR count). The third-order valence-corrected chi connectivity index (χ3v) is 3.20. The van der Waals surface area contributed by atoms with E-state index in [-0.39, 0.29) is 12.1 Å². The maximum atomic E-state index is 9.63. The quantitative estimate of drug-likeness (QED) is 0.852. The Balaban J connectivity index is 2.00. The highest BCUT2D eigenvalue weighted by Crippen LogP contribution is 2.23. The molecule has 3 heteroatoms. The molecule has 0 aromatic heterocycles. The fraction of sp³-hybridized carbons (Fsp3) is 0.455. The van der Waals surface area contributed by atoms with Crippen LogP contribution in [-0.4, -0.2) is 17.3 Å². The largest absolute Gasteiger partial charge is 0.391 e. The van der Waals surface area contributed by atoms with Crippen molar-refractivity contribution < 1.29 is 5.11 Å². The molecule has 1 aromatic carbocycles. The van der Waals surface area contributed by atoms with Crippen LogP contribution in [0.15, 0.2) is 28.7 Å². The second-order valence-electron chi connectivity index (χ2n) is 3.76. The van der Waals surface area contributed by atoms with E-state index in [1.165, 1.54) is 0 Å². The van der Waals surface area contributed by atoms with E-state index in [4.69, 9.17) is 0 Å². The van der Waals surface area contributed by atoms with Crippen molar-refractivity contribution in [2.45, 2.75) is 31.4 Å². The minimum Gasteiger partial charge on any atom is -0.391 e. The summed E-state index contributed by atoms with van der Waals surface area (Å²) in [5.41, 5.74) is 1.08. The first-order valence-electron chi connectivity index (χ1n) is 4.96. The van der Waals surface area contributed by atoms with Gasteiger partial charge in [-0.15, -0.1) is 0 Å². The van der Waals surface area contributed by atoms with Crippen LogP contribution in [0.4, 0.5) is 5.69 Å². The Bertz CT molecular complexity index is 299. The molecule has 1 aliphatic rings. The van der Waals surface area contributed by atoms with Gasteiger partial charge < -0.3 is 10.4 Å². The minimum absolute atomic E-state index is 0.182. The van der Waals surface area contributed by atoms with E-state index >= 15 is 0 Å². The number of nitrogens with one attached hydrogen (secondary N) is 1. The van der Waals surface area contributed by atoms with E-state index in [0.29, 0.717) is 0 Å². The number of anilines is 1. The van der Waals surface area contributed by atoms with E-state index in [1.54, 1.807) is 0 Å². The lowest BCUT2D eigenvalue weighted by atomic mass is 10.2. The van der Waals surface area contributed by atoms with E-state index in [0.717, 1.165) is 29.4 Å². The van der Waals surface area contributed by atoms with Gasteiger partial charge in [-0.1, -0.05) is 15.9 Å². The first-order valence-corrected chi connectivity index (χ1v) is 5.75. The molecule has 0 bridgehead atoms. The molecule has 0 saturated heterocycles. The molecule has 0 heterocycles. The highest BCUT2D eigenvalue weighted by Gasteiger charge is 2.24. The molecular weight excluding hydrogens is 242 g/mol. The van der Waals surface area contributed by atoms with Crippen LogP contribution in [-0.2, 0) is 0 Å². The number of aliphatic hydroxyl groups is 1. The highest BCUT2D eigenvalue weighted by atomic mass is 79.9. The SMILES string of the molecule is O[C@H]1CCC[C@@H]1Nc1ccc(Br)cc1. The summed E-state index contributed by atoms with van der Waals surface area (Å²) in [6.07, 6.45) is 2.93. The molecule has 1 aliphatic carbocycles. The lowest BCUT2D eigenvalue weighted by Gasteiger charge is -2.17. The number of hydrogen-bond donors (Lipinski definition) is 2. The fourth-order valence-corrected chi connectivity index (χ4v) is 2.13. The smallest absolute Gasteiger partial charge is 0.0741 e. The van der Waals surface area contributed by atoms with Gasteiger partial charge in [0.05, 0.1) is 12.1 Å². The number of halogens is 1. The average molecular weight is 256 g/mol. The maximum Gasteiger partial charge on any atom is 0.0741 e. The van der Waals surface area contributed by atoms with Crippen molar-refractivity contribution in [3.05, 3.63) is 28.7 Å². The van der Waals surface area contributed by atoms with Gasteiger partial charge >= 0.3 is 0 Å². The van der Waals surface area contributed by atoms with Crippen molar-refractivity contribution in [1.82, 2.24) is 0 Å². The van der Waals surface area contributed by atoms with E-state index in [1.807, 2.05) is 24.3 Å². The molecule has 0 aliphatic heterocycles. The zero-order chi connectivity index (χ0) is 9.97. The Morgan fingerprint density at radius 1 is 1.21 bits per heavy atom. The third-order valence-electron chi connectivity index (χ3n) is 2.68. The van der Waals surface area contributed by atoms with E-state index < -0.39 is 0 Å². The average Bonchev–Trinajstić information content (AvgIpc) is 2.56. The maximum absolute atomic E-state index is 9.63. The lowest BCUT2D eigenvalue weighted by molar-refractivity contribution is 0.172.